The second-order valence-corrected chi connectivity index (χ2v) is 8.27. The third-order valence-electron chi connectivity index (χ3n) is 6.57. The van der Waals surface area contributed by atoms with Gasteiger partial charge in [-0.1, -0.05) is 0 Å². The fourth-order valence-electron chi connectivity index (χ4n) is 5.26. The van der Waals surface area contributed by atoms with Crippen molar-refractivity contribution in [2.24, 2.45) is 11.1 Å². The van der Waals surface area contributed by atoms with Crippen LogP contribution in [0.3, 0.4) is 0 Å². The number of hydrogen-bond acceptors (Lipinski definition) is 5. The molecule has 2 saturated heterocycles. The van der Waals surface area contributed by atoms with Gasteiger partial charge in [0.25, 0.3) is 11.8 Å². The molecule has 2 saturated carbocycles. The van der Waals surface area contributed by atoms with Gasteiger partial charge in [0.05, 0.1) is 0 Å². The van der Waals surface area contributed by atoms with Crippen molar-refractivity contribution in [3.05, 3.63) is 23.9 Å². The van der Waals surface area contributed by atoms with Crippen LogP contribution in [0.5, 0.6) is 5.88 Å². The van der Waals surface area contributed by atoms with E-state index in [9.17, 15) is 14.4 Å². The molecule has 1 aromatic heterocycles. The Bertz CT molecular complexity index is 805. The van der Waals surface area contributed by atoms with Gasteiger partial charge in [-0.05, 0) is 56.1 Å². The molecule has 0 aromatic carbocycles. The highest BCUT2D eigenvalue weighted by atomic mass is 16.5. The van der Waals surface area contributed by atoms with Gasteiger partial charge < -0.3 is 15.4 Å². The van der Waals surface area contributed by atoms with E-state index in [1.807, 2.05) is 0 Å². The molecule has 2 aliphatic heterocycles. The minimum absolute atomic E-state index is 0.00735. The first-order valence-corrected chi connectivity index (χ1v) is 9.53. The Kier molecular flexibility index (Phi) is 3.47. The summed E-state index contributed by atoms with van der Waals surface area (Å²) in [6.45, 7) is 0.700. The molecule has 5 rings (SSSR count). The molecule has 3 heterocycles. The van der Waals surface area contributed by atoms with Gasteiger partial charge in [0.2, 0.25) is 5.88 Å². The molecule has 0 radical (unpaired) electrons. The Hall–Kier alpha value is -2.64. The van der Waals surface area contributed by atoms with Crippen LogP contribution in [0.1, 0.15) is 48.9 Å². The number of pyridine rings is 1. The second kappa shape index (κ2) is 5.68. The molecule has 4 aliphatic rings. The SMILES string of the molecule is NC(=O)c1cccnc1OC1CC2(C1)CC(N1C(=O)C3CCCN3C1=O)C2. The van der Waals surface area contributed by atoms with Crippen molar-refractivity contribution in [3.63, 3.8) is 0 Å². The van der Waals surface area contributed by atoms with Crippen LogP contribution in [0.4, 0.5) is 4.79 Å². The van der Waals surface area contributed by atoms with Gasteiger partial charge in [0.1, 0.15) is 17.7 Å². The minimum atomic E-state index is -0.553. The molecule has 4 amide bonds. The van der Waals surface area contributed by atoms with E-state index in [2.05, 4.69) is 4.98 Å². The number of carbonyl (C=O) groups excluding carboxylic acids is 3. The summed E-state index contributed by atoms with van der Waals surface area (Å²) in [5, 5.41) is 0. The zero-order valence-electron chi connectivity index (χ0n) is 15.0. The number of amides is 4. The smallest absolute Gasteiger partial charge is 0.327 e. The number of ether oxygens (including phenoxy) is 1. The summed E-state index contributed by atoms with van der Waals surface area (Å²) >= 11 is 0. The molecule has 8 nitrogen and oxygen atoms in total. The van der Waals surface area contributed by atoms with Crippen molar-refractivity contribution < 1.29 is 19.1 Å². The van der Waals surface area contributed by atoms with Gasteiger partial charge in [-0.25, -0.2) is 9.78 Å². The van der Waals surface area contributed by atoms with Crippen molar-refractivity contribution in [1.29, 1.82) is 0 Å². The van der Waals surface area contributed by atoms with E-state index in [0.717, 1.165) is 38.5 Å². The topological polar surface area (TPSA) is 106 Å². The molecule has 8 heteroatoms. The lowest BCUT2D eigenvalue weighted by Crippen LogP contribution is -2.60. The molecule has 27 heavy (non-hydrogen) atoms. The summed E-state index contributed by atoms with van der Waals surface area (Å²) in [5.74, 6) is -0.280. The van der Waals surface area contributed by atoms with Crippen molar-refractivity contribution in [2.45, 2.75) is 56.7 Å². The summed E-state index contributed by atoms with van der Waals surface area (Å²) in [6.07, 6.45) is 6.67. The number of aromatic nitrogens is 1. The van der Waals surface area contributed by atoms with Crippen LogP contribution in [-0.2, 0) is 4.79 Å². The standard InChI is InChI=1S/C19H22N4O4/c20-15(24)13-3-1-5-21-16(13)27-12-9-19(10-12)7-11(8-19)23-17(25)14-4-2-6-22(14)18(23)26/h1,3,5,11-12,14H,2,4,6-10H2,(H2,20,24). The van der Waals surface area contributed by atoms with E-state index in [-0.39, 0.29) is 41.4 Å². The third kappa shape index (κ3) is 2.42. The Morgan fingerprint density at radius 2 is 2.04 bits per heavy atom. The number of fused-ring (bicyclic) bond motifs is 1. The summed E-state index contributed by atoms with van der Waals surface area (Å²) in [4.78, 5) is 43.9. The molecule has 0 bridgehead atoms. The minimum Gasteiger partial charge on any atom is -0.474 e. The van der Waals surface area contributed by atoms with Crippen LogP contribution in [0.25, 0.3) is 0 Å². The predicted octanol–water partition coefficient (Wildman–Crippen LogP) is 1.30. The second-order valence-electron chi connectivity index (χ2n) is 8.27. The lowest BCUT2D eigenvalue weighted by Gasteiger charge is -2.58. The molecule has 1 aromatic rings. The number of imide groups is 1. The van der Waals surface area contributed by atoms with Crippen LogP contribution in [0.15, 0.2) is 18.3 Å². The fraction of sp³-hybridized carbons (Fsp3) is 0.579. The highest BCUT2D eigenvalue weighted by molar-refractivity contribution is 6.05. The average Bonchev–Trinajstić information content (AvgIpc) is 3.14. The number of primary amides is 1. The first-order valence-electron chi connectivity index (χ1n) is 9.53. The monoisotopic (exact) mass is 370 g/mol. The van der Waals surface area contributed by atoms with Gasteiger partial charge in [0.15, 0.2) is 0 Å². The molecular formula is C19H22N4O4. The highest BCUT2D eigenvalue weighted by Gasteiger charge is 2.60. The molecule has 1 spiro atoms. The van der Waals surface area contributed by atoms with Crippen LogP contribution < -0.4 is 10.5 Å². The lowest BCUT2D eigenvalue weighted by molar-refractivity contribution is -0.140. The van der Waals surface area contributed by atoms with Gasteiger partial charge >= 0.3 is 6.03 Å². The summed E-state index contributed by atoms with van der Waals surface area (Å²) in [7, 11) is 0. The molecule has 4 fully saturated rings. The van der Waals surface area contributed by atoms with Gasteiger partial charge in [-0.2, -0.15) is 0 Å². The van der Waals surface area contributed by atoms with E-state index >= 15 is 0 Å². The Morgan fingerprint density at radius 1 is 1.26 bits per heavy atom. The van der Waals surface area contributed by atoms with E-state index in [0.29, 0.717) is 12.1 Å². The van der Waals surface area contributed by atoms with Crippen LogP contribution in [0, 0.1) is 5.41 Å². The van der Waals surface area contributed by atoms with Crippen LogP contribution >= 0.6 is 0 Å². The van der Waals surface area contributed by atoms with Gasteiger partial charge in [0, 0.05) is 18.8 Å². The zero-order chi connectivity index (χ0) is 18.8. The van der Waals surface area contributed by atoms with E-state index in [4.69, 9.17) is 10.5 Å². The number of rotatable bonds is 4. The van der Waals surface area contributed by atoms with Crippen molar-refractivity contribution in [3.8, 4) is 5.88 Å². The normalized spacial score (nSPS) is 34.4. The maximum absolute atomic E-state index is 12.5. The first-order chi connectivity index (χ1) is 13.0. The lowest BCUT2D eigenvalue weighted by atomic mass is 9.52. The number of nitrogens with two attached hydrogens (primary N) is 1. The molecule has 1 atom stereocenters. The largest absolute Gasteiger partial charge is 0.474 e. The Balaban J connectivity index is 1.18. The Morgan fingerprint density at radius 3 is 2.74 bits per heavy atom. The van der Waals surface area contributed by atoms with E-state index < -0.39 is 5.91 Å². The quantitative estimate of drug-likeness (QED) is 0.804. The Labute approximate surface area is 156 Å². The van der Waals surface area contributed by atoms with Crippen molar-refractivity contribution in [2.75, 3.05) is 6.54 Å². The number of carbonyl (C=O) groups is 3. The molecule has 2 N–H and O–H groups in total. The summed E-state index contributed by atoms with van der Waals surface area (Å²) < 4.78 is 5.87. The summed E-state index contributed by atoms with van der Waals surface area (Å²) in [6, 6.07) is 2.96. The molecule has 1 unspecified atom stereocenters. The van der Waals surface area contributed by atoms with Crippen LogP contribution in [0.2, 0.25) is 0 Å². The number of hydrogen-bond donors (Lipinski definition) is 1. The maximum Gasteiger partial charge on any atom is 0.327 e. The number of nitrogens with zero attached hydrogens (tertiary/aromatic N) is 3. The predicted molar refractivity (Wildman–Crippen MR) is 93.8 cm³/mol. The average molecular weight is 370 g/mol. The highest BCUT2D eigenvalue weighted by Crippen LogP contribution is 2.58. The van der Waals surface area contributed by atoms with E-state index in [1.54, 1.807) is 23.2 Å². The van der Waals surface area contributed by atoms with Gasteiger partial charge in [-0.15, -0.1) is 0 Å². The molecular weight excluding hydrogens is 348 g/mol. The van der Waals surface area contributed by atoms with Crippen LogP contribution in [-0.4, -0.2) is 57.4 Å². The fourth-order valence-corrected chi connectivity index (χ4v) is 5.26. The molecule has 2 aliphatic carbocycles. The first kappa shape index (κ1) is 16.5. The maximum atomic E-state index is 12.5. The number of urea groups is 1. The van der Waals surface area contributed by atoms with Crippen molar-refractivity contribution in [1.82, 2.24) is 14.8 Å². The molecule has 142 valence electrons. The van der Waals surface area contributed by atoms with E-state index in [1.165, 1.54) is 4.90 Å². The van der Waals surface area contributed by atoms with Crippen molar-refractivity contribution >= 4 is 17.8 Å². The third-order valence-corrected chi connectivity index (χ3v) is 6.57. The zero-order valence-corrected chi connectivity index (χ0v) is 15.0. The van der Waals surface area contributed by atoms with Gasteiger partial charge in [-0.3, -0.25) is 14.5 Å². The summed E-state index contributed by atoms with van der Waals surface area (Å²) in [5.41, 5.74) is 5.79.